The average Bonchev–Trinajstić information content (AvgIpc) is 2.15. The molecule has 15 heavy (non-hydrogen) atoms. The van der Waals surface area contributed by atoms with Gasteiger partial charge in [0.15, 0.2) is 0 Å². The number of hydrogen-bond donors (Lipinski definition) is 3. The number of aliphatic hydroxyl groups is 1. The van der Waals surface area contributed by atoms with Crippen molar-refractivity contribution in [1.82, 2.24) is 0 Å². The Morgan fingerprint density at radius 2 is 1.93 bits per heavy atom. The van der Waals surface area contributed by atoms with E-state index in [0.29, 0.717) is 5.56 Å². The van der Waals surface area contributed by atoms with Crippen LogP contribution in [0.4, 0.5) is 5.69 Å². The molecule has 0 fully saturated rings. The summed E-state index contributed by atoms with van der Waals surface area (Å²) in [7, 11) is 0. The first-order valence-electron chi connectivity index (χ1n) is 5.09. The van der Waals surface area contributed by atoms with E-state index in [0.717, 1.165) is 12.2 Å². The van der Waals surface area contributed by atoms with E-state index in [4.69, 9.17) is 5.11 Å². The smallest absolute Gasteiger partial charge is 0.121 e. The fourth-order valence-corrected chi connectivity index (χ4v) is 1.19. The molecule has 0 aromatic heterocycles. The summed E-state index contributed by atoms with van der Waals surface area (Å²) in [5.41, 5.74) is 1.68. The second-order valence-electron chi connectivity index (χ2n) is 4.92. The number of aliphatic hydroxyl groups excluding tert-OH is 1. The van der Waals surface area contributed by atoms with Crippen molar-refractivity contribution in [1.29, 1.82) is 0 Å². The maximum Gasteiger partial charge on any atom is 0.121 e. The Bertz CT molecular complexity index is 329. The molecule has 0 heterocycles. The third-order valence-corrected chi connectivity index (χ3v) is 2.07. The number of rotatable bonds is 3. The second-order valence-corrected chi connectivity index (χ2v) is 4.92. The van der Waals surface area contributed by atoms with Crippen LogP contribution in [0.2, 0.25) is 0 Å². The molecular weight excluding hydrogens is 190 g/mol. The van der Waals surface area contributed by atoms with Gasteiger partial charge >= 0.3 is 0 Å². The maximum absolute atomic E-state index is 9.38. The summed E-state index contributed by atoms with van der Waals surface area (Å²) >= 11 is 0. The van der Waals surface area contributed by atoms with Crippen LogP contribution in [0, 0.1) is 5.41 Å². The van der Waals surface area contributed by atoms with E-state index in [1.54, 1.807) is 18.2 Å². The Labute approximate surface area is 90.8 Å². The molecule has 84 valence electrons. The molecule has 0 aliphatic rings. The zero-order chi connectivity index (χ0) is 11.5. The minimum atomic E-state index is -0.142. The summed E-state index contributed by atoms with van der Waals surface area (Å²) in [5, 5.41) is 21.6. The molecule has 3 heteroatoms. The monoisotopic (exact) mass is 209 g/mol. The fourth-order valence-electron chi connectivity index (χ4n) is 1.19. The number of aromatic hydroxyl groups is 1. The van der Waals surface area contributed by atoms with Gasteiger partial charge in [-0.05, 0) is 23.6 Å². The normalized spacial score (nSPS) is 11.5. The third kappa shape index (κ3) is 3.80. The van der Waals surface area contributed by atoms with Crippen molar-refractivity contribution in [3.05, 3.63) is 23.8 Å². The van der Waals surface area contributed by atoms with Gasteiger partial charge in [-0.25, -0.2) is 0 Å². The average molecular weight is 209 g/mol. The van der Waals surface area contributed by atoms with Crippen molar-refractivity contribution >= 4 is 5.69 Å². The number of benzene rings is 1. The molecule has 1 aromatic rings. The lowest BCUT2D eigenvalue weighted by atomic mass is 9.97. The van der Waals surface area contributed by atoms with Crippen LogP contribution in [0.15, 0.2) is 18.2 Å². The van der Waals surface area contributed by atoms with Crippen LogP contribution in [0.5, 0.6) is 5.75 Å². The Morgan fingerprint density at radius 1 is 1.27 bits per heavy atom. The molecule has 3 N–H and O–H groups in total. The Kier molecular flexibility index (Phi) is 3.58. The molecule has 1 rings (SSSR count). The molecule has 3 nitrogen and oxygen atoms in total. The number of hydrogen-bond acceptors (Lipinski definition) is 3. The van der Waals surface area contributed by atoms with E-state index < -0.39 is 0 Å². The molecule has 0 unspecified atom stereocenters. The Morgan fingerprint density at radius 3 is 2.47 bits per heavy atom. The van der Waals surface area contributed by atoms with Crippen molar-refractivity contribution in [2.45, 2.75) is 27.4 Å². The van der Waals surface area contributed by atoms with Crippen LogP contribution < -0.4 is 5.32 Å². The molecule has 0 amide bonds. The standard InChI is InChI=1S/C12H19NO2/c1-12(2,3)8-13-10-4-5-11(15)9(6-10)7-14/h4-6,13-15H,7-8H2,1-3H3. The first kappa shape index (κ1) is 11.9. The van der Waals surface area contributed by atoms with Crippen LogP contribution in [-0.2, 0) is 6.61 Å². The molecule has 0 saturated carbocycles. The molecule has 0 aliphatic heterocycles. The van der Waals surface area contributed by atoms with Gasteiger partial charge in [0, 0.05) is 17.8 Å². The minimum absolute atomic E-state index is 0.138. The predicted octanol–water partition coefficient (Wildman–Crippen LogP) is 2.34. The lowest BCUT2D eigenvalue weighted by molar-refractivity contribution is 0.275. The van der Waals surface area contributed by atoms with Crippen molar-refractivity contribution in [3.8, 4) is 5.75 Å². The summed E-state index contributed by atoms with van der Waals surface area (Å²) < 4.78 is 0. The van der Waals surface area contributed by atoms with Gasteiger partial charge in [-0.2, -0.15) is 0 Å². The second kappa shape index (κ2) is 4.53. The Hall–Kier alpha value is -1.22. The molecular formula is C12H19NO2. The van der Waals surface area contributed by atoms with Gasteiger partial charge < -0.3 is 15.5 Å². The molecule has 0 saturated heterocycles. The highest BCUT2D eigenvalue weighted by atomic mass is 16.3. The quantitative estimate of drug-likeness (QED) is 0.670. The van der Waals surface area contributed by atoms with Gasteiger partial charge in [-0.15, -0.1) is 0 Å². The van der Waals surface area contributed by atoms with E-state index in [1.807, 2.05) is 0 Å². The number of phenols is 1. The van der Waals surface area contributed by atoms with E-state index in [1.165, 1.54) is 0 Å². The topological polar surface area (TPSA) is 52.5 Å². The van der Waals surface area contributed by atoms with E-state index in [9.17, 15) is 5.11 Å². The number of anilines is 1. The predicted molar refractivity (Wildman–Crippen MR) is 62.0 cm³/mol. The molecule has 0 aliphatic carbocycles. The lowest BCUT2D eigenvalue weighted by Gasteiger charge is -2.20. The fraction of sp³-hybridized carbons (Fsp3) is 0.500. The minimum Gasteiger partial charge on any atom is -0.508 e. The highest BCUT2D eigenvalue weighted by Gasteiger charge is 2.09. The van der Waals surface area contributed by atoms with Gasteiger partial charge in [0.2, 0.25) is 0 Å². The van der Waals surface area contributed by atoms with Crippen LogP contribution in [0.3, 0.4) is 0 Å². The third-order valence-electron chi connectivity index (χ3n) is 2.07. The van der Waals surface area contributed by atoms with E-state index in [-0.39, 0.29) is 17.8 Å². The summed E-state index contributed by atoms with van der Waals surface area (Å²) in [6, 6.07) is 5.16. The summed E-state index contributed by atoms with van der Waals surface area (Å²) in [6.45, 7) is 7.15. The molecule has 1 aromatic carbocycles. The zero-order valence-electron chi connectivity index (χ0n) is 9.54. The zero-order valence-corrected chi connectivity index (χ0v) is 9.54. The SMILES string of the molecule is CC(C)(C)CNc1ccc(O)c(CO)c1. The van der Waals surface area contributed by atoms with Crippen molar-refractivity contribution < 1.29 is 10.2 Å². The van der Waals surface area contributed by atoms with E-state index in [2.05, 4.69) is 26.1 Å². The highest BCUT2D eigenvalue weighted by molar-refractivity contribution is 5.50. The van der Waals surface area contributed by atoms with Crippen molar-refractivity contribution in [2.24, 2.45) is 5.41 Å². The molecule has 0 bridgehead atoms. The maximum atomic E-state index is 9.38. The molecule has 0 radical (unpaired) electrons. The van der Waals surface area contributed by atoms with Gasteiger partial charge in [0.25, 0.3) is 0 Å². The largest absolute Gasteiger partial charge is 0.508 e. The molecule has 0 spiro atoms. The Balaban J connectivity index is 2.70. The number of nitrogens with one attached hydrogen (secondary N) is 1. The van der Waals surface area contributed by atoms with E-state index >= 15 is 0 Å². The first-order chi connectivity index (χ1) is 6.92. The van der Waals surface area contributed by atoms with Gasteiger partial charge in [0.05, 0.1) is 6.61 Å². The molecule has 0 atom stereocenters. The summed E-state index contributed by atoms with van der Waals surface area (Å²) in [4.78, 5) is 0. The highest BCUT2D eigenvalue weighted by Crippen LogP contribution is 2.22. The van der Waals surface area contributed by atoms with Crippen molar-refractivity contribution in [3.63, 3.8) is 0 Å². The van der Waals surface area contributed by atoms with Crippen LogP contribution in [0.1, 0.15) is 26.3 Å². The lowest BCUT2D eigenvalue weighted by Crippen LogP contribution is -2.19. The van der Waals surface area contributed by atoms with Gasteiger partial charge in [-0.3, -0.25) is 0 Å². The summed E-state index contributed by atoms with van der Waals surface area (Å²) in [6.07, 6.45) is 0. The van der Waals surface area contributed by atoms with Gasteiger partial charge in [0.1, 0.15) is 5.75 Å². The van der Waals surface area contributed by atoms with Crippen LogP contribution >= 0.6 is 0 Å². The first-order valence-corrected chi connectivity index (χ1v) is 5.09. The van der Waals surface area contributed by atoms with Crippen LogP contribution in [-0.4, -0.2) is 16.8 Å². The van der Waals surface area contributed by atoms with Crippen LogP contribution in [0.25, 0.3) is 0 Å². The van der Waals surface area contributed by atoms with Gasteiger partial charge in [-0.1, -0.05) is 20.8 Å². The van der Waals surface area contributed by atoms with Crippen molar-refractivity contribution in [2.75, 3.05) is 11.9 Å². The summed E-state index contributed by atoms with van der Waals surface area (Å²) in [5.74, 6) is 0.138.